The van der Waals surface area contributed by atoms with E-state index in [1.807, 2.05) is 33.3 Å². The lowest BCUT2D eigenvalue weighted by Gasteiger charge is -2.26. The summed E-state index contributed by atoms with van der Waals surface area (Å²) < 4.78 is 22.5. The standard InChI is InChI=1S/C58H105NO8/c1-6-8-10-12-14-16-18-20-21-22-23-24-25-26-27-28-29-30-31-32-33-34-35-37-38-40-42-44-46-48-55(60)65-52-54(53-66-58(57(62)63)64-51-50-59(3,4)5)67-56(61)49-47-45-43-41-39-36-19-17-15-13-11-9-7-2/h9,11,15,17,36,39,43,45,54,58H,6-8,10,12-14,16,18-35,37-38,40-42,44,46-53H2,1-5H3/b11-9-,17-15-,39-36-,45-43-. The van der Waals surface area contributed by atoms with Gasteiger partial charge in [0.05, 0.1) is 40.3 Å². The highest BCUT2D eigenvalue weighted by atomic mass is 16.7. The number of carboxylic acids is 1. The van der Waals surface area contributed by atoms with Gasteiger partial charge in [0.15, 0.2) is 12.4 Å². The Morgan fingerprint density at radius 2 is 0.851 bits per heavy atom. The van der Waals surface area contributed by atoms with Crippen LogP contribution in [0.1, 0.15) is 245 Å². The molecular weight excluding hydrogens is 839 g/mol. The monoisotopic (exact) mass is 944 g/mol. The number of esters is 2. The van der Waals surface area contributed by atoms with Crippen molar-refractivity contribution in [2.45, 2.75) is 257 Å². The van der Waals surface area contributed by atoms with E-state index in [-0.39, 0.29) is 38.6 Å². The molecule has 0 fully saturated rings. The van der Waals surface area contributed by atoms with Crippen LogP contribution in [-0.4, -0.2) is 82.3 Å². The summed E-state index contributed by atoms with van der Waals surface area (Å²) in [5, 5.41) is 11.7. The van der Waals surface area contributed by atoms with Crippen molar-refractivity contribution in [3.63, 3.8) is 0 Å². The first kappa shape index (κ1) is 64.2. The lowest BCUT2D eigenvalue weighted by Crippen LogP contribution is -2.44. The van der Waals surface area contributed by atoms with Gasteiger partial charge in [-0.2, -0.15) is 0 Å². The zero-order chi connectivity index (χ0) is 49.2. The highest BCUT2D eigenvalue weighted by Gasteiger charge is 2.21. The van der Waals surface area contributed by atoms with Crippen LogP contribution >= 0.6 is 0 Å². The van der Waals surface area contributed by atoms with Crippen LogP contribution in [0.25, 0.3) is 0 Å². The Kier molecular flexibility index (Phi) is 47.6. The molecule has 67 heavy (non-hydrogen) atoms. The number of carbonyl (C=O) groups is 3. The first-order chi connectivity index (χ1) is 32.6. The molecule has 0 aliphatic rings. The molecule has 0 rings (SSSR count). The van der Waals surface area contributed by atoms with Gasteiger partial charge in [0.2, 0.25) is 0 Å². The quantitative estimate of drug-likeness (QED) is 0.0195. The third-order valence-corrected chi connectivity index (χ3v) is 12.1. The summed E-state index contributed by atoms with van der Waals surface area (Å²) in [6, 6.07) is 0. The summed E-state index contributed by atoms with van der Waals surface area (Å²) in [4.78, 5) is 37.1. The van der Waals surface area contributed by atoms with Crippen LogP contribution in [-0.2, 0) is 33.3 Å². The van der Waals surface area contributed by atoms with Gasteiger partial charge in [-0.3, -0.25) is 9.59 Å². The molecule has 0 saturated heterocycles. The minimum atomic E-state index is -1.64. The normalized spacial score (nSPS) is 13.1. The second-order valence-electron chi connectivity index (χ2n) is 19.9. The number of hydrogen-bond acceptors (Lipinski definition) is 8. The van der Waals surface area contributed by atoms with Crippen molar-refractivity contribution in [2.24, 2.45) is 0 Å². The third kappa shape index (κ3) is 50.9. The summed E-state index contributed by atoms with van der Waals surface area (Å²) in [6.45, 7) is 4.56. The van der Waals surface area contributed by atoms with Gasteiger partial charge in [-0.25, -0.2) is 0 Å². The molecule has 0 bridgehead atoms. The second kappa shape index (κ2) is 49.7. The number of rotatable bonds is 51. The van der Waals surface area contributed by atoms with Crippen molar-refractivity contribution in [1.29, 1.82) is 0 Å². The van der Waals surface area contributed by atoms with E-state index in [0.29, 0.717) is 17.4 Å². The summed E-state index contributed by atoms with van der Waals surface area (Å²) >= 11 is 0. The first-order valence-electron chi connectivity index (χ1n) is 27.8. The number of ether oxygens (including phenoxy) is 4. The number of unbranched alkanes of at least 4 members (excludes halogenated alkanes) is 28. The maximum Gasteiger partial charge on any atom is 0.306 e. The van der Waals surface area contributed by atoms with Crippen molar-refractivity contribution in [3.8, 4) is 0 Å². The van der Waals surface area contributed by atoms with E-state index >= 15 is 0 Å². The predicted octanol–water partition coefficient (Wildman–Crippen LogP) is 14.6. The smallest absolute Gasteiger partial charge is 0.306 e. The summed E-state index contributed by atoms with van der Waals surface area (Å²) in [5.41, 5.74) is 0. The Hall–Kier alpha value is -2.75. The zero-order valence-electron chi connectivity index (χ0n) is 44.3. The molecule has 390 valence electrons. The van der Waals surface area contributed by atoms with Crippen molar-refractivity contribution < 1.29 is 42.9 Å². The maximum absolute atomic E-state index is 12.7. The van der Waals surface area contributed by atoms with E-state index in [2.05, 4.69) is 50.3 Å². The van der Waals surface area contributed by atoms with E-state index in [1.165, 1.54) is 167 Å². The Balaban J connectivity index is 4.13. The fourth-order valence-corrected chi connectivity index (χ4v) is 7.85. The molecule has 0 radical (unpaired) electrons. The van der Waals surface area contributed by atoms with Gasteiger partial charge >= 0.3 is 11.9 Å². The lowest BCUT2D eigenvalue weighted by molar-refractivity contribution is -0.870. The Morgan fingerprint density at radius 1 is 0.463 bits per heavy atom. The molecule has 0 heterocycles. The molecule has 0 aromatic heterocycles. The van der Waals surface area contributed by atoms with Crippen LogP contribution in [0.15, 0.2) is 48.6 Å². The second-order valence-corrected chi connectivity index (χ2v) is 19.9. The van der Waals surface area contributed by atoms with Gasteiger partial charge in [-0.1, -0.05) is 242 Å². The Morgan fingerprint density at radius 3 is 1.24 bits per heavy atom. The molecule has 2 atom stereocenters. The van der Waals surface area contributed by atoms with Crippen LogP contribution in [0.2, 0.25) is 0 Å². The number of carboxylic acid groups (broad SMARTS) is 1. The average Bonchev–Trinajstić information content (AvgIpc) is 3.29. The van der Waals surface area contributed by atoms with Crippen molar-refractivity contribution in [1.82, 2.24) is 0 Å². The van der Waals surface area contributed by atoms with Gasteiger partial charge < -0.3 is 33.3 Å². The third-order valence-electron chi connectivity index (χ3n) is 12.1. The molecular formula is C58H105NO8. The van der Waals surface area contributed by atoms with E-state index in [1.54, 1.807) is 0 Å². The lowest BCUT2D eigenvalue weighted by atomic mass is 10.0. The minimum absolute atomic E-state index is 0.127. The van der Waals surface area contributed by atoms with Crippen LogP contribution in [0.5, 0.6) is 0 Å². The van der Waals surface area contributed by atoms with Gasteiger partial charge in [0, 0.05) is 12.8 Å². The number of likely N-dealkylation sites (N-methyl/N-ethyl adjacent to an activating group) is 1. The van der Waals surface area contributed by atoms with Gasteiger partial charge in [-0.15, -0.1) is 0 Å². The van der Waals surface area contributed by atoms with Crippen LogP contribution in [0.3, 0.4) is 0 Å². The molecule has 9 nitrogen and oxygen atoms in total. The number of quaternary nitrogens is 1. The van der Waals surface area contributed by atoms with Crippen molar-refractivity contribution >= 4 is 17.9 Å². The topological polar surface area (TPSA) is 111 Å². The van der Waals surface area contributed by atoms with Crippen LogP contribution in [0.4, 0.5) is 0 Å². The number of allylic oxidation sites excluding steroid dienone is 8. The summed E-state index contributed by atoms with van der Waals surface area (Å²) in [6.07, 6.45) is 57.8. The molecule has 0 saturated carbocycles. The van der Waals surface area contributed by atoms with Gasteiger partial charge in [-0.05, 0) is 38.5 Å². The largest absolute Gasteiger partial charge is 0.545 e. The molecule has 0 aliphatic heterocycles. The van der Waals surface area contributed by atoms with E-state index in [4.69, 9.17) is 18.9 Å². The summed E-state index contributed by atoms with van der Waals surface area (Å²) in [5.74, 6) is -2.38. The van der Waals surface area contributed by atoms with Gasteiger partial charge in [0.25, 0.3) is 0 Å². The van der Waals surface area contributed by atoms with Crippen LogP contribution in [0, 0.1) is 0 Å². The Labute approximate surface area is 412 Å². The molecule has 0 amide bonds. The number of aliphatic carboxylic acids is 1. The van der Waals surface area contributed by atoms with Gasteiger partial charge in [0.1, 0.15) is 13.2 Å². The molecule has 9 heteroatoms. The Bertz CT molecular complexity index is 1240. The predicted molar refractivity (Wildman–Crippen MR) is 279 cm³/mol. The molecule has 0 N–H and O–H groups in total. The highest BCUT2D eigenvalue weighted by molar-refractivity contribution is 5.70. The van der Waals surface area contributed by atoms with E-state index < -0.39 is 24.3 Å². The molecule has 0 aliphatic carbocycles. The molecule has 0 aromatic rings. The maximum atomic E-state index is 12.7. The number of nitrogens with zero attached hydrogens (tertiary/aromatic N) is 1. The first-order valence-corrected chi connectivity index (χ1v) is 27.8. The molecule has 0 aromatic carbocycles. The molecule has 0 spiro atoms. The fraction of sp³-hybridized carbons (Fsp3) is 0.810. The fourth-order valence-electron chi connectivity index (χ4n) is 7.85. The summed E-state index contributed by atoms with van der Waals surface area (Å²) in [7, 11) is 5.89. The van der Waals surface area contributed by atoms with Crippen molar-refractivity contribution in [3.05, 3.63) is 48.6 Å². The van der Waals surface area contributed by atoms with E-state index in [9.17, 15) is 19.5 Å². The number of hydrogen-bond donors (Lipinski definition) is 0. The number of carbonyl (C=O) groups excluding carboxylic acids is 3. The molecule has 2 unspecified atom stereocenters. The minimum Gasteiger partial charge on any atom is -0.545 e. The van der Waals surface area contributed by atoms with Crippen molar-refractivity contribution in [2.75, 3.05) is 47.5 Å². The average molecular weight is 944 g/mol. The van der Waals surface area contributed by atoms with E-state index in [0.717, 1.165) is 44.9 Å². The highest BCUT2D eigenvalue weighted by Crippen LogP contribution is 2.17. The zero-order valence-corrected chi connectivity index (χ0v) is 44.3. The van der Waals surface area contributed by atoms with Crippen LogP contribution < -0.4 is 5.11 Å². The SMILES string of the molecule is CC/C=C\C/C=C\C/C=C\C/C=C\CCC(=O)OC(COC(=O)CCCCCCCCCCCCCCCCCCCCCCCCCCCCCCC)COC(OCC[N+](C)(C)C)C(=O)[O-].